The van der Waals surface area contributed by atoms with Crippen molar-refractivity contribution in [3.63, 3.8) is 0 Å². The van der Waals surface area contributed by atoms with Crippen LogP contribution in [0.3, 0.4) is 0 Å². The molecular formula is C16H26N4O. The lowest BCUT2D eigenvalue weighted by molar-refractivity contribution is 0.122. The topological polar surface area (TPSA) is 49.4 Å². The maximum Gasteiger partial charge on any atom is 0.128 e. The van der Waals surface area contributed by atoms with Crippen LogP contribution in [0, 0.1) is 0 Å². The van der Waals surface area contributed by atoms with Gasteiger partial charge in [0.15, 0.2) is 0 Å². The Morgan fingerprint density at radius 2 is 2.29 bits per heavy atom. The van der Waals surface area contributed by atoms with Crippen molar-refractivity contribution in [3.8, 4) is 0 Å². The van der Waals surface area contributed by atoms with Crippen LogP contribution in [0.15, 0.2) is 18.3 Å². The fourth-order valence-electron chi connectivity index (χ4n) is 3.18. The Labute approximate surface area is 127 Å². The van der Waals surface area contributed by atoms with Gasteiger partial charge in [-0.25, -0.2) is 4.98 Å². The molecule has 1 aromatic heterocycles. The highest BCUT2D eigenvalue weighted by Crippen LogP contribution is 2.18. The lowest BCUT2D eigenvalue weighted by Gasteiger charge is -2.28. The van der Waals surface area contributed by atoms with E-state index in [2.05, 4.69) is 39.6 Å². The van der Waals surface area contributed by atoms with Crippen molar-refractivity contribution in [1.29, 1.82) is 0 Å². The number of nitrogens with one attached hydrogen (secondary N) is 2. The quantitative estimate of drug-likeness (QED) is 0.867. The predicted molar refractivity (Wildman–Crippen MR) is 86.0 cm³/mol. The zero-order chi connectivity index (χ0) is 14.5. The monoisotopic (exact) mass is 290 g/mol. The molecule has 0 bridgehead atoms. The lowest BCUT2D eigenvalue weighted by atomic mass is 10.1. The summed E-state index contributed by atoms with van der Waals surface area (Å²) in [5, 5.41) is 7.10. The Bertz CT molecular complexity index is 424. The van der Waals surface area contributed by atoms with Crippen molar-refractivity contribution in [2.45, 2.75) is 38.3 Å². The fraction of sp³-hybridized carbons (Fsp3) is 0.688. The number of nitrogens with zero attached hydrogens (tertiary/aromatic N) is 2. The molecule has 21 heavy (non-hydrogen) atoms. The zero-order valence-corrected chi connectivity index (χ0v) is 12.8. The summed E-state index contributed by atoms with van der Waals surface area (Å²) < 4.78 is 5.37. The van der Waals surface area contributed by atoms with Crippen molar-refractivity contribution >= 4 is 11.5 Å². The van der Waals surface area contributed by atoms with Gasteiger partial charge in [-0.2, -0.15) is 0 Å². The first-order chi connectivity index (χ1) is 10.3. The van der Waals surface area contributed by atoms with E-state index in [1.807, 2.05) is 6.20 Å². The Balaban J connectivity index is 1.51. The molecule has 0 aliphatic carbocycles. The maximum atomic E-state index is 5.37. The van der Waals surface area contributed by atoms with Gasteiger partial charge in [0.1, 0.15) is 5.82 Å². The normalized spacial score (nSPS) is 24.0. The van der Waals surface area contributed by atoms with E-state index in [9.17, 15) is 0 Å². The Morgan fingerprint density at radius 1 is 1.43 bits per heavy atom. The van der Waals surface area contributed by atoms with Gasteiger partial charge in [0.2, 0.25) is 0 Å². The first-order valence-corrected chi connectivity index (χ1v) is 8.10. The van der Waals surface area contributed by atoms with Gasteiger partial charge in [-0.15, -0.1) is 0 Å². The molecular weight excluding hydrogens is 264 g/mol. The summed E-state index contributed by atoms with van der Waals surface area (Å²) in [6, 6.07) is 5.38. The van der Waals surface area contributed by atoms with Gasteiger partial charge in [-0.05, 0) is 44.9 Å². The third kappa shape index (κ3) is 4.08. The molecule has 5 nitrogen and oxygen atoms in total. The number of anilines is 2. The third-order valence-corrected chi connectivity index (χ3v) is 4.30. The summed E-state index contributed by atoms with van der Waals surface area (Å²) in [7, 11) is 0. The van der Waals surface area contributed by atoms with Crippen LogP contribution in [-0.2, 0) is 4.74 Å². The molecule has 2 saturated heterocycles. The molecule has 0 spiro atoms. The second-order valence-corrected chi connectivity index (χ2v) is 6.08. The van der Waals surface area contributed by atoms with Crippen LogP contribution in [0.1, 0.15) is 26.2 Å². The molecule has 0 aromatic carbocycles. The molecule has 0 amide bonds. The SMILES string of the molecule is CC(CC1CCCN1)Nc1ccc(N2CCOCC2)nc1. The minimum atomic E-state index is 0.469. The third-order valence-electron chi connectivity index (χ3n) is 4.30. The highest BCUT2D eigenvalue weighted by molar-refractivity contribution is 5.49. The van der Waals surface area contributed by atoms with Gasteiger partial charge in [-0.1, -0.05) is 0 Å². The number of ether oxygens (including phenoxy) is 1. The number of hydrogen-bond donors (Lipinski definition) is 2. The van der Waals surface area contributed by atoms with Crippen LogP contribution in [0.4, 0.5) is 11.5 Å². The van der Waals surface area contributed by atoms with Gasteiger partial charge < -0.3 is 20.3 Å². The summed E-state index contributed by atoms with van der Waals surface area (Å²) in [5.41, 5.74) is 1.11. The molecule has 0 saturated carbocycles. The minimum absolute atomic E-state index is 0.469. The summed E-state index contributed by atoms with van der Waals surface area (Å²) in [6.07, 6.45) is 5.74. The van der Waals surface area contributed by atoms with Gasteiger partial charge in [0, 0.05) is 25.2 Å². The Morgan fingerprint density at radius 3 is 2.95 bits per heavy atom. The van der Waals surface area contributed by atoms with E-state index < -0.39 is 0 Å². The molecule has 2 N–H and O–H groups in total. The molecule has 2 aliphatic heterocycles. The smallest absolute Gasteiger partial charge is 0.128 e. The van der Waals surface area contributed by atoms with E-state index in [0.717, 1.165) is 37.8 Å². The van der Waals surface area contributed by atoms with E-state index in [1.54, 1.807) is 0 Å². The summed E-state index contributed by atoms with van der Waals surface area (Å²) in [5.74, 6) is 1.05. The van der Waals surface area contributed by atoms with Gasteiger partial charge in [0.05, 0.1) is 25.1 Å². The molecule has 116 valence electrons. The second-order valence-electron chi connectivity index (χ2n) is 6.08. The van der Waals surface area contributed by atoms with Crippen LogP contribution >= 0.6 is 0 Å². The van der Waals surface area contributed by atoms with Crippen LogP contribution in [0.25, 0.3) is 0 Å². The highest BCUT2D eigenvalue weighted by Gasteiger charge is 2.17. The lowest BCUT2D eigenvalue weighted by Crippen LogP contribution is -2.36. The summed E-state index contributed by atoms with van der Waals surface area (Å²) in [6.45, 7) is 6.89. The second kappa shape index (κ2) is 7.09. The summed E-state index contributed by atoms with van der Waals surface area (Å²) >= 11 is 0. The van der Waals surface area contributed by atoms with Crippen molar-refractivity contribution in [2.24, 2.45) is 0 Å². The maximum absolute atomic E-state index is 5.37. The largest absolute Gasteiger partial charge is 0.381 e. The molecule has 2 aliphatic rings. The number of rotatable bonds is 5. The molecule has 3 heterocycles. The van der Waals surface area contributed by atoms with Crippen LogP contribution in [0.2, 0.25) is 0 Å². The van der Waals surface area contributed by atoms with Gasteiger partial charge in [0.25, 0.3) is 0 Å². The molecule has 3 rings (SSSR count). The standard InChI is InChI=1S/C16H26N4O/c1-13(11-14-3-2-6-17-14)19-15-4-5-16(18-12-15)20-7-9-21-10-8-20/h4-5,12-14,17,19H,2-3,6-11H2,1H3. The van der Waals surface area contributed by atoms with Crippen molar-refractivity contribution in [3.05, 3.63) is 18.3 Å². The Hall–Kier alpha value is -1.33. The van der Waals surface area contributed by atoms with Gasteiger partial charge in [-0.3, -0.25) is 0 Å². The zero-order valence-electron chi connectivity index (χ0n) is 12.8. The molecule has 5 heteroatoms. The first-order valence-electron chi connectivity index (χ1n) is 8.10. The minimum Gasteiger partial charge on any atom is -0.381 e. The Kier molecular flexibility index (Phi) is 4.93. The predicted octanol–water partition coefficient (Wildman–Crippen LogP) is 1.86. The molecule has 2 atom stereocenters. The van der Waals surface area contributed by atoms with E-state index in [1.165, 1.54) is 25.8 Å². The average Bonchev–Trinajstić information content (AvgIpc) is 3.02. The first kappa shape index (κ1) is 14.6. The number of morpholine rings is 1. The number of aromatic nitrogens is 1. The number of hydrogen-bond acceptors (Lipinski definition) is 5. The van der Waals surface area contributed by atoms with Crippen LogP contribution in [0.5, 0.6) is 0 Å². The van der Waals surface area contributed by atoms with Crippen LogP contribution in [-0.4, -0.2) is 49.9 Å². The fourth-order valence-corrected chi connectivity index (χ4v) is 3.18. The van der Waals surface area contributed by atoms with E-state index in [-0.39, 0.29) is 0 Å². The van der Waals surface area contributed by atoms with Crippen molar-refractivity contribution < 1.29 is 4.74 Å². The van der Waals surface area contributed by atoms with E-state index in [4.69, 9.17) is 4.74 Å². The van der Waals surface area contributed by atoms with E-state index >= 15 is 0 Å². The molecule has 1 aromatic rings. The van der Waals surface area contributed by atoms with E-state index in [0.29, 0.717) is 12.1 Å². The average molecular weight is 290 g/mol. The highest BCUT2D eigenvalue weighted by atomic mass is 16.5. The van der Waals surface area contributed by atoms with Gasteiger partial charge >= 0.3 is 0 Å². The molecule has 2 unspecified atom stereocenters. The van der Waals surface area contributed by atoms with Crippen LogP contribution < -0.4 is 15.5 Å². The van der Waals surface area contributed by atoms with Crippen molar-refractivity contribution in [2.75, 3.05) is 43.1 Å². The van der Waals surface area contributed by atoms with Crippen molar-refractivity contribution in [1.82, 2.24) is 10.3 Å². The number of pyridine rings is 1. The molecule has 0 radical (unpaired) electrons. The molecule has 2 fully saturated rings. The summed E-state index contributed by atoms with van der Waals surface area (Å²) in [4.78, 5) is 6.86.